The second-order valence-corrected chi connectivity index (χ2v) is 26.3. The molecule has 0 rings (SSSR count). The van der Waals surface area contributed by atoms with Crippen molar-refractivity contribution in [3.63, 3.8) is 0 Å². The molecule has 0 aliphatic rings. The number of aliphatic hydroxyl groups excluding tert-OH is 2. The number of hydrogen-bond acceptors (Lipinski definition) is 5. The molecule has 3 N–H and O–H groups in total. The van der Waals surface area contributed by atoms with Crippen LogP contribution in [0.15, 0.2) is 24.3 Å². The quantitative estimate of drug-likeness (QED) is 0.0320. The second kappa shape index (κ2) is 72.8. The van der Waals surface area contributed by atoms with Crippen molar-refractivity contribution in [1.29, 1.82) is 0 Å². The van der Waals surface area contributed by atoms with E-state index in [2.05, 4.69) is 43.5 Å². The van der Waals surface area contributed by atoms with Crippen molar-refractivity contribution in [3.8, 4) is 0 Å². The Morgan fingerprint density at radius 2 is 0.614 bits per heavy atom. The van der Waals surface area contributed by atoms with Gasteiger partial charge in [0.25, 0.3) is 0 Å². The van der Waals surface area contributed by atoms with E-state index < -0.39 is 12.1 Å². The molecule has 0 aromatic heterocycles. The molecule has 0 bridgehead atoms. The molecule has 0 radical (unpaired) electrons. The highest BCUT2D eigenvalue weighted by molar-refractivity contribution is 5.76. The van der Waals surface area contributed by atoms with Crippen molar-refractivity contribution in [1.82, 2.24) is 5.32 Å². The molecule has 6 heteroatoms. The van der Waals surface area contributed by atoms with Gasteiger partial charge in [-0.05, 0) is 51.4 Å². The molecule has 2 unspecified atom stereocenters. The lowest BCUT2D eigenvalue weighted by atomic mass is 10.0. The second-order valence-electron chi connectivity index (χ2n) is 26.3. The molecule has 0 saturated carbocycles. The summed E-state index contributed by atoms with van der Waals surface area (Å²) in [6, 6.07) is -0.541. The van der Waals surface area contributed by atoms with Crippen molar-refractivity contribution in [2.24, 2.45) is 0 Å². The molecule has 0 saturated heterocycles. The summed E-state index contributed by atoms with van der Waals surface area (Å²) in [6.45, 7) is 4.95. The van der Waals surface area contributed by atoms with Gasteiger partial charge in [0.1, 0.15) is 0 Å². The molecule has 2 atom stereocenters. The molecule has 83 heavy (non-hydrogen) atoms. The maximum Gasteiger partial charge on any atom is 0.305 e. The Kier molecular flexibility index (Phi) is 71.4. The van der Waals surface area contributed by atoms with Crippen LogP contribution in [0.2, 0.25) is 0 Å². The van der Waals surface area contributed by atoms with Gasteiger partial charge in [-0.15, -0.1) is 0 Å². The normalized spacial score (nSPS) is 12.6. The van der Waals surface area contributed by atoms with Crippen LogP contribution in [0, 0.1) is 0 Å². The minimum atomic E-state index is -0.664. The zero-order valence-corrected chi connectivity index (χ0v) is 56.5. The van der Waals surface area contributed by atoms with Gasteiger partial charge >= 0.3 is 5.97 Å². The van der Waals surface area contributed by atoms with Crippen molar-refractivity contribution in [2.45, 2.75) is 443 Å². The van der Waals surface area contributed by atoms with Crippen molar-refractivity contribution >= 4 is 11.9 Å². The van der Waals surface area contributed by atoms with Crippen LogP contribution in [0.3, 0.4) is 0 Å². The van der Waals surface area contributed by atoms with Gasteiger partial charge in [0.2, 0.25) is 5.91 Å². The topological polar surface area (TPSA) is 95.9 Å². The number of hydrogen-bond donors (Lipinski definition) is 3. The summed E-state index contributed by atoms with van der Waals surface area (Å²) in [6.07, 6.45) is 92.5. The van der Waals surface area contributed by atoms with E-state index in [1.54, 1.807) is 0 Å². The van der Waals surface area contributed by atoms with Crippen LogP contribution in [0.4, 0.5) is 0 Å². The van der Waals surface area contributed by atoms with E-state index in [0.29, 0.717) is 25.9 Å². The Morgan fingerprint density at radius 3 is 0.952 bits per heavy atom. The van der Waals surface area contributed by atoms with Crippen LogP contribution in [-0.2, 0) is 14.3 Å². The lowest BCUT2D eigenvalue weighted by Gasteiger charge is -2.22. The van der Waals surface area contributed by atoms with E-state index in [-0.39, 0.29) is 18.5 Å². The number of amides is 1. The summed E-state index contributed by atoms with van der Waals surface area (Å²) in [4.78, 5) is 24.6. The van der Waals surface area contributed by atoms with Gasteiger partial charge in [-0.1, -0.05) is 391 Å². The van der Waals surface area contributed by atoms with Crippen LogP contribution in [-0.4, -0.2) is 47.4 Å². The first-order valence-electron chi connectivity index (χ1n) is 38.1. The van der Waals surface area contributed by atoms with Crippen LogP contribution >= 0.6 is 0 Å². The van der Waals surface area contributed by atoms with Crippen LogP contribution < -0.4 is 5.32 Å². The molecule has 0 heterocycles. The van der Waals surface area contributed by atoms with E-state index in [4.69, 9.17) is 4.74 Å². The molecule has 0 aromatic rings. The van der Waals surface area contributed by atoms with Gasteiger partial charge in [0.15, 0.2) is 0 Å². The average Bonchev–Trinajstić information content (AvgIpc) is 3.49. The highest BCUT2D eigenvalue weighted by Gasteiger charge is 2.20. The zero-order valence-electron chi connectivity index (χ0n) is 56.5. The molecule has 0 aliphatic heterocycles. The first-order valence-corrected chi connectivity index (χ1v) is 38.1. The predicted molar refractivity (Wildman–Crippen MR) is 366 cm³/mol. The van der Waals surface area contributed by atoms with E-state index in [1.165, 1.54) is 347 Å². The zero-order chi connectivity index (χ0) is 59.9. The molecule has 0 fully saturated rings. The third kappa shape index (κ3) is 69.3. The van der Waals surface area contributed by atoms with Crippen LogP contribution in [0.1, 0.15) is 431 Å². The SMILES string of the molecule is CCCC/C=C\C/C=C\CCCCCCCC(=O)OCCCCCCCCCCCCCCCCCCCCCCCCCCCCCC(=O)NC(CO)C(O)CCCCCCCCCCCCCCCCCCCCCCCCCCC. The number of allylic oxidation sites excluding steroid dienone is 4. The number of esters is 1. The lowest BCUT2D eigenvalue weighted by molar-refractivity contribution is -0.143. The first-order chi connectivity index (χ1) is 41.0. The summed E-state index contributed by atoms with van der Waals surface area (Å²) in [5, 5.41) is 23.5. The fourth-order valence-electron chi connectivity index (χ4n) is 12.2. The number of nitrogens with one attached hydrogen (secondary N) is 1. The Bertz CT molecular complexity index is 1300. The summed E-state index contributed by atoms with van der Waals surface area (Å²) in [5.74, 6) is -0.0223. The number of ether oxygens (including phenoxy) is 1. The molecule has 492 valence electrons. The maximum atomic E-state index is 12.6. The monoisotopic (exact) mass is 1170 g/mol. The number of rotatable bonds is 72. The Morgan fingerprint density at radius 1 is 0.337 bits per heavy atom. The van der Waals surface area contributed by atoms with E-state index in [0.717, 1.165) is 51.4 Å². The fourth-order valence-corrected chi connectivity index (χ4v) is 12.2. The van der Waals surface area contributed by atoms with Crippen molar-refractivity contribution in [3.05, 3.63) is 24.3 Å². The highest BCUT2D eigenvalue weighted by Crippen LogP contribution is 2.20. The summed E-state index contributed by atoms with van der Waals surface area (Å²) < 4.78 is 5.49. The van der Waals surface area contributed by atoms with E-state index in [1.807, 2.05) is 0 Å². The fraction of sp³-hybridized carbons (Fsp3) is 0.922. The Hall–Kier alpha value is -1.66. The largest absolute Gasteiger partial charge is 0.466 e. The Labute approximate surface area is 520 Å². The third-order valence-corrected chi connectivity index (χ3v) is 18.0. The minimum Gasteiger partial charge on any atom is -0.466 e. The van der Waals surface area contributed by atoms with Crippen LogP contribution in [0.25, 0.3) is 0 Å². The van der Waals surface area contributed by atoms with Crippen molar-refractivity contribution in [2.75, 3.05) is 13.2 Å². The summed E-state index contributed by atoms with van der Waals surface area (Å²) in [5.41, 5.74) is 0. The molecular weight excluding hydrogens is 1020 g/mol. The van der Waals surface area contributed by atoms with Crippen molar-refractivity contribution < 1.29 is 24.5 Å². The van der Waals surface area contributed by atoms with Crippen LogP contribution in [0.5, 0.6) is 0 Å². The molecule has 1 amide bonds. The number of aliphatic hydroxyl groups is 2. The maximum absolute atomic E-state index is 12.6. The highest BCUT2D eigenvalue weighted by atomic mass is 16.5. The molecule has 0 aliphatic carbocycles. The van der Waals surface area contributed by atoms with Gasteiger partial charge in [-0.3, -0.25) is 9.59 Å². The third-order valence-electron chi connectivity index (χ3n) is 18.0. The number of carbonyl (C=O) groups is 2. The predicted octanol–water partition coefficient (Wildman–Crippen LogP) is 24.9. The van der Waals surface area contributed by atoms with Gasteiger partial charge in [-0.25, -0.2) is 0 Å². The van der Waals surface area contributed by atoms with E-state index >= 15 is 0 Å². The first kappa shape index (κ1) is 81.3. The van der Waals surface area contributed by atoms with Gasteiger partial charge in [-0.2, -0.15) is 0 Å². The molecule has 0 aromatic carbocycles. The lowest BCUT2D eigenvalue weighted by Crippen LogP contribution is -2.45. The minimum absolute atomic E-state index is 0.00441. The summed E-state index contributed by atoms with van der Waals surface area (Å²) >= 11 is 0. The Balaban J connectivity index is 3.36. The summed E-state index contributed by atoms with van der Waals surface area (Å²) in [7, 11) is 0. The molecular formula is C77H149NO5. The number of carbonyl (C=O) groups excluding carboxylic acids is 2. The average molecular weight is 1170 g/mol. The van der Waals surface area contributed by atoms with Gasteiger partial charge < -0.3 is 20.3 Å². The van der Waals surface area contributed by atoms with Gasteiger partial charge in [0, 0.05) is 12.8 Å². The number of unbranched alkanes of at least 4 members (excludes halogenated alkanes) is 57. The van der Waals surface area contributed by atoms with Gasteiger partial charge in [0.05, 0.1) is 25.4 Å². The molecule has 6 nitrogen and oxygen atoms in total. The standard InChI is InChI=1S/C77H149NO5/c1-3-5-7-9-11-13-15-17-19-20-21-22-23-27-30-33-36-39-42-45-49-53-57-61-65-69-75(80)74(73-79)78-76(81)70-66-62-58-54-50-46-43-40-37-34-31-28-25-24-26-29-32-35-38-41-44-48-52-56-60-64-68-72-83-77(82)71-67-63-59-55-51-47-18-16-14-12-10-8-6-4-2/h10,12,16,18,74-75,79-80H,3-9,11,13-15,17,19-73H2,1-2H3,(H,78,81)/b12-10-,18-16-. The smallest absolute Gasteiger partial charge is 0.305 e. The molecule has 0 spiro atoms. The van der Waals surface area contributed by atoms with E-state index in [9.17, 15) is 19.8 Å².